The lowest BCUT2D eigenvalue weighted by Gasteiger charge is -2.09. The maximum absolute atomic E-state index is 12.2. The molecule has 1 aliphatic rings. The number of benzene rings is 1. The monoisotopic (exact) mass is 397 g/mol. The van der Waals surface area contributed by atoms with Crippen LogP contribution in [0.2, 0.25) is 0 Å². The lowest BCUT2D eigenvalue weighted by Crippen LogP contribution is -2.17. The van der Waals surface area contributed by atoms with Crippen molar-refractivity contribution in [2.75, 3.05) is 4.72 Å². The zero-order valence-electron chi connectivity index (χ0n) is 14.1. The Labute approximate surface area is 159 Å². The zero-order valence-corrected chi connectivity index (χ0v) is 15.7. The molecular formula is C18H15N5O2S2. The SMILES string of the molecule is O=S(=O)(Nc1cccc(-c2ccc3nnc(-c4cccs4)n3n2)c1)C1CC1. The molecule has 136 valence electrons. The first-order chi connectivity index (χ1) is 13.1. The van der Waals surface area contributed by atoms with E-state index in [1.54, 1.807) is 28.0 Å². The number of sulfonamides is 1. The molecule has 4 aromatic rings. The van der Waals surface area contributed by atoms with Gasteiger partial charge < -0.3 is 0 Å². The summed E-state index contributed by atoms with van der Waals surface area (Å²) >= 11 is 1.57. The molecule has 1 aliphatic carbocycles. The topological polar surface area (TPSA) is 89.2 Å². The highest BCUT2D eigenvalue weighted by atomic mass is 32.2. The summed E-state index contributed by atoms with van der Waals surface area (Å²) in [6.45, 7) is 0. The van der Waals surface area contributed by atoms with E-state index in [1.165, 1.54) is 0 Å². The Morgan fingerprint density at radius 2 is 1.96 bits per heavy atom. The summed E-state index contributed by atoms with van der Waals surface area (Å²) < 4.78 is 28.7. The van der Waals surface area contributed by atoms with E-state index in [1.807, 2.05) is 41.8 Å². The number of thiophene rings is 1. The third-order valence-electron chi connectivity index (χ3n) is 4.39. The van der Waals surface area contributed by atoms with Crippen molar-refractivity contribution in [1.82, 2.24) is 19.8 Å². The Bertz CT molecular complexity index is 1230. The summed E-state index contributed by atoms with van der Waals surface area (Å²) in [6.07, 6.45) is 1.46. The van der Waals surface area contributed by atoms with Crippen molar-refractivity contribution in [3.63, 3.8) is 0 Å². The first-order valence-electron chi connectivity index (χ1n) is 8.48. The highest BCUT2D eigenvalue weighted by molar-refractivity contribution is 7.93. The van der Waals surface area contributed by atoms with Gasteiger partial charge in [0, 0.05) is 11.3 Å². The van der Waals surface area contributed by atoms with Crippen molar-refractivity contribution >= 4 is 32.7 Å². The van der Waals surface area contributed by atoms with Crippen LogP contribution in [0, 0.1) is 0 Å². The fourth-order valence-corrected chi connectivity index (χ4v) is 4.94. The van der Waals surface area contributed by atoms with Gasteiger partial charge >= 0.3 is 0 Å². The molecule has 1 fully saturated rings. The molecule has 3 aromatic heterocycles. The van der Waals surface area contributed by atoms with Crippen LogP contribution in [-0.4, -0.2) is 33.5 Å². The number of aromatic nitrogens is 4. The molecule has 7 nitrogen and oxygen atoms in total. The summed E-state index contributed by atoms with van der Waals surface area (Å²) in [7, 11) is -3.30. The number of nitrogens with zero attached hydrogens (tertiary/aromatic N) is 4. The normalized spacial score (nSPS) is 14.5. The molecule has 5 rings (SSSR count). The second-order valence-corrected chi connectivity index (χ2v) is 9.33. The van der Waals surface area contributed by atoms with Gasteiger partial charge in [-0.2, -0.15) is 9.61 Å². The summed E-state index contributed by atoms with van der Waals surface area (Å²) in [5.74, 6) is 0.687. The number of anilines is 1. The lowest BCUT2D eigenvalue weighted by atomic mass is 10.1. The van der Waals surface area contributed by atoms with E-state index in [-0.39, 0.29) is 5.25 Å². The van der Waals surface area contributed by atoms with Gasteiger partial charge in [-0.15, -0.1) is 21.5 Å². The van der Waals surface area contributed by atoms with Crippen LogP contribution in [0.1, 0.15) is 12.8 Å². The fourth-order valence-electron chi connectivity index (χ4n) is 2.87. The van der Waals surface area contributed by atoms with Crippen LogP contribution in [0.3, 0.4) is 0 Å². The number of fused-ring (bicyclic) bond motifs is 1. The molecule has 0 bridgehead atoms. The number of hydrogen-bond donors (Lipinski definition) is 1. The van der Waals surface area contributed by atoms with Gasteiger partial charge in [0.25, 0.3) is 0 Å². The molecule has 9 heteroatoms. The third-order valence-corrected chi connectivity index (χ3v) is 7.12. The van der Waals surface area contributed by atoms with Crippen LogP contribution in [-0.2, 0) is 10.0 Å². The Kier molecular flexibility index (Phi) is 3.73. The summed E-state index contributed by atoms with van der Waals surface area (Å²) in [5.41, 5.74) is 2.74. The Balaban J connectivity index is 1.53. The average Bonchev–Trinajstić information content (AvgIpc) is 3.24. The van der Waals surface area contributed by atoms with Gasteiger partial charge in [-0.1, -0.05) is 18.2 Å². The van der Waals surface area contributed by atoms with Crippen LogP contribution in [0.4, 0.5) is 5.69 Å². The van der Waals surface area contributed by atoms with Gasteiger partial charge in [0.15, 0.2) is 11.5 Å². The van der Waals surface area contributed by atoms with Crippen molar-refractivity contribution in [2.45, 2.75) is 18.1 Å². The van der Waals surface area contributed by atoms with E-state index in [4.69, 9.17) is 0 Å². The quantitative estimate of drug-likeness (QED) is 0.557. The van der Waals surface area contributed by atoms with Gasteiger partial charge in [-0.25, -0.2) is 8.42 Å². The third kappa shape index (κ3) is 3.08. The number of nitrogens with one attached hydrogen (secondary N) is 1. The van der Waals surface area contributed by atoms with Crippen molar-refractivity contribution in [1.29, 1.82) is 0 Å². The fraction of sp³-hybridized carbons (Fsp3) is 0.167. The van der Waals surface area contributed by atoms with Gasteiger partial charge in [0.2, 0.25) is 10.0 Å². The highest BCUT2D eigenvalue weighted by Gasteiger charge is 2.35. The summed E-state index contributed by atoms with van der Waals surface area (Å²) in [5, 5.41) is 14.8. The first-order valence-corrected chi connectivity index (χ1v) is 10.9. The van der Waals surface area contributed by atoms with Crippen LogP contribution in [0.15, 0.2) is 53.9 Å². The molecule has 0 amide bonds. The van der Waals surface area contributed by atoms with Gasteiger partial charge in [-0.05, 0) is 48.6 Å². The van der Waals surface area contributed by atoms with E-state index >= 15 is 0 Å². The van der Waals surface area contributed by atoms with Crippen LogP contribution >= 0.6 is 11.3 Å². The maximum Gasteiger partial charge on any atom is 0.235 e. The molecule has 0 aliphatic heterocycles. The molecule has 0 radical (unpaired) electrons. The molecule has 0 unspecified atom stereocenters. The minimum absolute atomic E-state index is 0.263. The Hall–Kier alpha value is -2.78. The van der Waals surface area contributed by atoms with E-state index in [0.717, 1.165) is 23.3 Å². The molecule has 3 heterocycles. The molecule has 1 aromatic carbocycles. The van der Waals surface area contributed by atoms with Gasteiger partial charge in [-0.3, -0.25) is 4.72 Å². The largest absolute Gasteiger partial charge is 0.283 e. The van der Waals surface area contributed by atoms with Crippen molar-refractivity contribution in [2.24, 2.45) is 0 Å². The van der Waals surface area contributed by atoms with Crippen LogP contribution in [0.5, 0.6) is 0 Å². The second-order valence-electron chi connectivity index (χ2n) is 6.42. The van der Waals surface area contributed by atoms with Gasteiger partial charge in [0.1, 0.15) is 0 Å². The Morgan fingerprint density at radius 3 is 2.74 bits per heavy atom. The van der Waals surface area contributed by atoms with Crippen LogP contribution < -0.4 is 4.72 Å². The molecular weight excluding hydrogens is 382 g/mol. The maximum atomic E-state index is 12.2. The minimum Gasteiger partial charge on any atom is -0.283 e. The molecule has 1 N–H and O–H groups in total. The highest BCUT2D eigenvalue weighted by Crippen LogP contribution is 2.31. The van der Waals surface area contributed by atoms with Crippen molar-refractivity contribution in [3.05, 3.63) is 53.9 Å². The van der Waals surface area contributed by atoms with Crippen molar-refractivity contribution < 1.29 is 8.42 Å². The number of rotatable bonds is 5. The van der Waals surface area contributed by atoms with Crippen LogP contribution in [0.25, 0.3) is 27.6 Å². The van der Waals surface area contributed by atoms with Gasteiger partial charge in [0.05, 0.1) is 15.8 Å². The van der Waals surface area contributed by atoms with E-state index in [2.05, 4.69) is 20.0 Å². The Morgan fingerprint density at radius 1 is 1.07 bits per heavy atom. The zero-order chi connectivity index (χ0) is 18.4. The molecule has 0 atom stereocenters. The van der Waals surface area contributed by atoms with E-state index in [9.17, 15) is 8.42 Å². The second kappa shape index (κ2) is 6.14. The predicted octanol–water partition coefficient (Wildman–Crippen LogP) is 3.42. The van der Waals surface area contributed by atoms with E-state index in [0.29, 0.717) is 22.9 Å². The smallest absolute Gasteiger partial charge is 0.235 e. The molecule has 0 saturated heterocycles. The average molecular weight is 397 g/mol. The first kappa shape index (κ1) is 16.4. The minimum atomic E-state index is -3.30. The summed E-state index contributed by atoms with van der Waals surface area (Å²) in [6, 6.07) is 14.9. The molecule has 1 saturated carbocycles. The summed E-state index contributed by atoms with van der Waals surface area (Å²) in [4.78, 5) is 0.984. The molecule has 0 spiro atoms. The standard InChI is InChI=1S/C18H15N5O2S2/c24-27(25,14-6-7-14)22-13-4-1-3-12(11-13)15-8-9-17-19-20-18(23(17)21-15)16-5-2-10-26-16/h1-5,8-11,14,22H,6-7H2. The lowest BCUT2D eigenvalue weighted by molar-refractivity contribution is 0.600. The van der Waals surface area contributed by atoms with Crippen molar-refractivity contribution in [3.8, 4) is 22.0 Å². The van der Waals surface area contributed by atoms with E-state index < -0.39 is 10.0 Å². The molecule has 27 heavy (non-hydrogen) atoms. The predicted molar refractivity (Wildman–Crippen MR) is 105 cm³/mol. The number of hydrogen-bond acceptors (Lipinski definition) is 6.